The van der Waals surface area contributed by atoms with Crippen LogP contribution in [0.2, 0.25) is 0 Å². The summed E-state index contributed by atoms with van der Waals surface area (Å²) in [6.45, 7) is 3.36. The van der Waals surface area contributed by atoms with E-state index in [0.29, 0.717) is 11.8 Å². The summed E-state index contributed by atoms with van der Waals surface area (Å²) in [6.07, 6.45) is 5.67. The zero-order valence-electron chi connectivity index (χ0n) is 14.2. The second kappa shape index (κ2) is 7.43. The number of ether oxygens (including phenoxy) is 2. The number of likely N-dealkylation sites (tertiary alicyclic amines) is 1. The van der Waals surface area contributed by atoms with Crippen LogP contribution < -0.4 is 9.47 Å². The summed E-state index contributed by atoms with van der Waals surface area (Å²) < 4.78 is 13.1. The van der Waals surface area contributed by atoms with E-state index in [4.69, 9.17) is 9.47 Å². The quantitative estimate of drug-likeness (QED) is 0.847. The molecule has 1 saturated heterocycles. The number of hydrogen-bond acceptors (Lipinski definition) is 3. The fourth-order valence-corrected chi connectivity index (χ4v) is 3.14. The molecule has 128 valence electrons. The number of hydrogen-bond donors (Lipinski definition) is 0. The van der Waals surface area contributed by atoms with Gasteiger partial charge in [-0.3, -0.25) is 4.79 Å². The molecule has 1 amide bonds. The average Bonchev–Trinajstić information content (AvgIpc) is 3.16. The highest BCUT2D eigenvalue weighted by Gasteiger charge is 2.27. The van der Waals surface area contributed by atoms with E-state index in [1.807, 2.05) is 48.2 Å². The lowest BCUT2D eigenvalue weighted by Gasteiger charge is -2.34. The van der Waals surface area contributed by atoms with Gasteiger partial charge in [0, 0.05) is 31.5 Å². The maximum absolute atomic E-state index is 12.6. The summed E-state index contributed by atoms with van der Waals surface area (Å²) in [5.41, 5.74) is 0. The zero-order chi connectivity index (χ0) is 16.9. The van der Waals surface area contributed by atoms with Crippen molar-refractivity contribution in [1.82, 2.24) is 9.47 Å². The number of rotatable bonds is 5. The molecular weight excluding hydrogens is 304 g/mol. The Balaban J connectivity index is 1.52. The summed E-state index contributed by atoms with van der Waals surface area (Å²) in [5, 5.41) is 0. The van der Waals surface area contributed by atoms with Crippen molar-refractivity contribution in [2.75, 3.05) is 20.2 Å². The Morgan fingerprint density at radius 2 is 1.67 bits per heavy atom. The second-order valence-electron chi connectivity index (χ2n) is 6.12. The highest BCUT2D eigenvalue weighted by Crippen LogP contribution is 2.24. The molecule has 5 heteroatoms. The van der Waals surface area contributed by atoms with Crippen LogP contribution in [-0.4, -0.2) is 41.7 Å². The van der Waals surface area contributed by atoms with E-state index in [1.165, 1.54) is 0 Å². The number of benzene rings is 1. The largest absolute Gasteiger partial charge is 0.497 e. The van der Waals surface area contributed by atoms with E-state index in [1.54, 1.807) is 7.11 Å². The Morgan fingerprint density at radius 3 is 2.25 bits per heavy atom. The van der Waals surface area contributed by atoms with Crippen molar-refractivity contribution in [1.29, 1.82) is 0 Å². The predicted octanol–water partition coefficient (Wildman–Crippen LogP) is 3.13. The summed E-state index contributed by atoms with van der Waals surface area (Å²) in [5.74, 6) is 1.50. The smallest absolute Gasteiger partial charge is 0.263 e. The lowest BCUT2D eigenvalue weighted by molar-refractivity contribution is -0.139. The van der Waals surface area contributed by atoms with Gasteiger partial charge in [0.15, 0.2) is 6.10 Å². The van der Waals surface area contributed by atoms with Crippen LogP contribution in [0, 0.1) is 0 Å². The van der Waals surface area contributed by atoms with Crippen LogP contribution in [0.4, 0.5) is 0 Å². The van der Waals surface area contributed by atoms with Crippen molar-refractivity contribution in [3.05, 3.63) is 48.8 Å². The van der Waals surface area contributed by atoms with E-state index in [2.05, 4.69) is 17.0 Å². The molecule has 24 heavy (non-hydrogen) atoms. The summed E-state index contributed by atoms with van der Waals surface area (Å²) >= 11 is 0. The first kappa shape index (κ1) is 16.4. The van der Waals surface area contributed by atoms with E-state index in [9.17, 15) is 4.79 Å². The van der Waals surface area contributed by atoms with E-state index < -0.39 is 6.10 Å². The third kappa shape index (κ3) is 3.72. The fraction of sp³-hybridized carbons (Fsp3) is 0.421. The Morgan fingerprint density at radius 1 is 1.08 bits per heavy atom. The predicted molar refractivity (Wildman–Crippen MR) is 92.4 cm³/mol. The van der Waals surface area contributed by atoms with Crippen LogP contribution in [-0.2, 0) is 4.79 Å². The minimum absolute atomic E-state index is 0.0526. The number of carbonyl (C=O) groups excluding carboxylic acids is 1. The van der Waals surface area contributed by atoms with Crippen LogP contribution >= 0.6 is 0 Å². The van der Waals surface area contributed by atoms with Gasteiger partial charge in [0.2, 0.25) is 0 Å². The molecule has 0 saturated carbocycles. The zero-order valence-corrected chi connectivity index (χ0v) is 14.2. The third-order valence-corrected chi connectivity index (χ3v) is 4.55. The highest BCUT2D eigenvalue weighted by atomic mass is 16.5. The molecule has 2 aromatic rings. The molecule has 0 bridgehead atoms. The highest BCUT2D eigenvalue weighted by molar-refractivity contribution is 5.81. The van der Waals surface area contributed by atoms with E-state index >= 15 is 0 Å². The maximum Gasteiger partial charge on any atom is 0.263 e. The molecule has 1 atom stereocenters. The van der Waals surface area contributed by atoms with Crippen molar-refractivity contribution >= 4 is 5.91 Å². The molecule has 1 unspecified atom stereocenters. The van der Waals surface area contributed by atoms with E-state index in [-0.39, 0.29) is 5.91 Å². The number of piperidine rings is 1. The summed E-state index contributed by atoms with van der Waals surface area (Å²) in [6, 6.07) is 11.9. The van der Waals surface area contributed by atoms with Gasteiger partial charge >= 0.3 is 0 Å². The SMILES string of the molecule is COc1ccc(OC(C)C(=O)N2CCC(n3cccc3)CC2)cc1. The van der Waals surface area contributed by atoms with Gasteiger partial charge in [-0.25, -0.2) is 0 Å². The van der Waals surface area contributed by atoms with Crippen molar-refractivity contribution in [2.45, 2.75) is 31.9 Å². The molecule has 5 nitrogen and oxygen atoms in total. The molecule has 1 aromatic heterocycles. The molecule has 0 aliphatic carbocycles. The Labute approximate surface area is 142 Å². The second-order valence-corrected chi connectivity index (χ2v) is 6.12. The van der Waals surface area contributed by atoms with Gasteiger partial charge in [-0.05, 0) is 56.2 Å². The number of aromatic nitrogens is 1. The first-order chi connectivity index (χ1) is 11.7. The average molecular weight is 328 g/mol. The number of methoxy groups -OCH3 is 1. The van der Waals surface area contributed by atoms with Gasteiger partial charge in [-0.15, -0.1) is 0 Å². The molecule has 3 rings (SSSR count). The molecular formula is C19H24N2O3. The first-order valence-electron chi connectivity index (χ1n) is 8.39. The molecule has 0 spiro atoms. The topological polar surface area (TPSA) is 43.7 Å². The van der Waals surface area contributed by atoms with Crippen molar-refractivity contribution in [2.24, 2.45) is 0 Å². The van der Waals surface area contributed by atoms with Crippen molar-refractivity contribution < 1.29 is 14.3 Å². The van der Waals surface area contributed by atoms with Gasteiger partial charge in [0.05, 0.1) is 7.11 Å². The van der Waals surface area contributed by atoms with Crippen molar-refractivity contribution in [3.8, 4) is 11.5 Å². The standard InChI is InChI=1S/C19H24N2O3/c1-15(24-18-7-5-17(23-2)6-8-18)19(22)21-13-9-16(10-14-21)20-11-3-4-12-20/h3-8,11-12,15-16H,9-10,13-14H2,1-2H3. The molecule has 0 N–H and O–H groups in total. The fourth-order valence-electron chi connectivity index (χ4n) is 3.14. The van der Waals surface area contributed by atoms with E-state index in [0.717, 1.165) is 31.7 Å². The third-order valence-electron chi connectivity index (χ3n) is 4.55. The minimum Gasteiger partial charge on any atom is -0.497 e. The van der Waals surface area contributed by atoms with Crippen molar-refractivity contribution in [3.63, 3.8) is 0 Å². The summed E-state index contributed by atoms with van der Waals surface area (Å²) in [7, 11) is 1.62. The molecule has 2 heterocycles. The number of amides is 1. The lowest BCUT2D eigenvalue weighted by Crippen LogP contribution is -2.45. The number of carbonyl (C=O) groups is 1. The molecule has 1 aliphatic heterocycles. The maximum atomic E-state index is 12.6. The Kier molecular flexibility index (Phi) is 5.08. The van der Waals surface area contributed by atoms with Crippen LogP contribution in [0.25, 0.3) is 0 Å². The van der Waals surface area contributed by atoms with Crippen LogP contribution in [0.3, 0.4) is 0 Å². The van der Waals surface area contributed by atoms with Gasteiger partial charge in [-0.1, -0.05) is 0 Å². The lowest BCUT2D eigenvalue weighted by atomic mass is 10.0. The van der Waals surface area contributed by atoms with Crippen LogP contribution in [0.1, 0.15) is 25.8 Å². The van der Waals surface area contributed by atoms with Gasteiger partial charge in [0.1, 0.15) is 11.5 Å². The van der Waals surface area contributed by atoms with Crippen LogP contribution in [0.15, 0.2) is 48.8 Å². The van der Waals surface area contributed by atoms with Gasteiger partial charge in [0.25, 0.3) is 5.91 Å². The van der Waals surface area contributed by atoms with Crippen LogP contribution in [0.5, 0.6) is 11.5 Å². The molecule has 0 radical (unpaired) electrons. The Hall–Kier alpha value is -2.43. The molecule has 1 fully saturated rings. The molecule has 1 aromatic carbocycles. The summed E-state index contributed by atoms with van der Waals surface area (Å²) in [4.78, 5) is 14.5. The van der Waals surface area contributed by atoms with Gasteiger partial charge in [-0.2, -0.15) is 0 Å². The van der Waals surface area contributed by atoms with Gasteiger partial charge < -0.3 is 18.9 Å². The Bertz CT molecular complexity index is 644. The minimum atomic E-state index is -0.485. The number of nitrogens with zero attached hydrogens (tertiary/aromatic N) is 2. The molecule has 1 aliphatic rings. The normalized spacial score (nSPS) is 16.7. The first-order valence-corrected chi connectivity index (χ1v) is 8.39. The monoisotopic (exact) mass is 328 g/mol.